The average Bonchev–Trinajstić information content (AvgIpc) is 2.89. The maximum atomic E-state index is 13.4. The van der Waals surface area contributed by atoms with Crippen LogP contribution in [-0.4, -0.2) is 11.4 Å². The molecule has 0 saturated carbocycles. The SMILES string of the molecule is NCC(c1cc(F)c(F)c(F)c1)N1Cc2ccccc2C1. The Morgan fingerprint density at radius 3 is 2.00 bits per heavy atom. The highest BCUT2D eigenvalue weighted by atomic mass is 19.2. The van der Waals surface area contributed by atoms with Crippen molar-refractivity contribution in [2.75, 3.05) is 6.54 Å². The molecule has 1 heterocycles. The maximum absolute atomic E-state index is 13.4. The summed E-state index contributed by atoms with van der Waals surface area (Å²) in [5.74, 6) is -3.81. The minimum atomic E-state index is -1.45. The molecule has 1 aliphatic rings. The number of benzene rings is 2. The lowest BCUT2D eigenvalue weighted by Crippen LogP contribution is -2.30. The van der Waals surface area contributed by atoms with Crippen molar-refractivity contribution in [3.05, 3.63) is 70.5 Å². The summed E-state index contributed by atoms with van der Waals surface area (Å²) in [4.78, 5) is 2.04. The fourth-order valence-corrected chi connectivity index (χ4v) is 2.84. The van der Waals surface area contributed by atoms with E-state index in [1.54, 1.807) is 0 Å². The quantitative estimate of drug-likeness (QED) is 0.881. The van der Waals surface area contributed by atoms with Gasteiger partial charge in [0.2, 0.25) is 0 Å². The Bertz CT molecular complexity index is 624. The summed E-state index contributed by atoms with van der Waals surface area (Å²) >= 11 is 0. The molecule has 0 saturated heterocycles. The number of nitrogens with two attached hydrogens (primary N) is 1. The van der Waals surface area contributed by atoms with E-state index >= 15 is 0 Å². The molecule has 2 aromatic carbocycles. The van der Waals surface area contributed by atoms with Crippen molar-refractivity contribution in [2.24, 2.45) is 5.73 Å². The zero-order valence-corrected chi connectivity index (χ0v) is 11.3. The monoisotopic (exact) mass is 292 g/mol. The molecule has 0 fully saturated rings. The van der Waals surface area contributed by atoms with Gasteiger partial charge in [0.05, 0.1) is 0 Å². The third-order valence-corrected chi connectivity index (χ3v) is 3.92. The van der Waals surface area contributed by atoms with Crippen LogP contribution in [0.5, 0.6) is 0 Å². The van der Waals surface area contributed by atoms with E-state index in [0.29, 0.717) is 18.7 Å². The van der Waals surface area contributed by atoms with Crippen molar-refractivity contribution in [1.29, 1.82) is 0 Å². The van der Waals surface area contributed by atoms with E-state index in [1.165, 1.54) is 11.1 Å². The third kappa shape index (κ3) is 2.54. The van der Waals surface area contributed by atoms with Gasteiger partial charge in [-0.1, -0.05) is 24.3 Å². The molecule has 1 aliphatic heterocycles. The van der Waals surface area contributed by atoms with E-state index < -0.39 is 17.5 Å². The molecular formula is C16H15F3N2. The Kier molecular flexibility index (Phi) is 3.69. The number of halogens is 3. The normalized spacial score (nSPS) is 16.0. The second kappa shape index (κ2) is 5.50. The first-order valence-electron chi connectivity index (χ1n) is 6.75. The topological polar surface area (TPSA) is 29.3 Å². The molecule has 1 atom stereocenters. The van der Waals surface area contributed by atoms with Gasteiger partial charge in [0.25, 0.3) is 0 Å². The standard InChI is InChI=1S/C16H15F3N2/c17-13-5-12(6-14(18)16(13)19)15(7-20)21-8-10-3-1-2-4-11(10)9-21/h1-6,15H,7-9,20H2. The van der Waals surface area contributed by atoms with Crippen LogP contribution in [0.4, 0.5) is 13.2 Å². The Hall–Kier alpha value is -1.85. The molecule has 0 bridgehead atoms. The number of fused-ring (bicyclic) bond motifs is 1. The first-order chi connectivity index (χ1) is 10.1. The van der Waals surface area contributed by atoms with Gasteiger partial charge in [-0.3, -0.25) is 4.90 Å². The molecule has 1 unspecified atom stereocenters. The van der Waals surface area contributed by atoms with Crippen LogP contribution in [0.3, 0.4) is 0 Å². The summed E-state index contributed by atoms with van der Waals surface area (Å²) in [5.41, 5.74) is 8.50. The van der Waals surface area contributed by atoms with Crippen molar-refractivity contribution in [3.63, 3.8) is 0 Å². The van der Waals surface area contributed by atoms with Crippen LogP contribution in [0.2, 0.25) is 0 Å². The summed E-state index contributed by atoms with van der Waals surface area (Å²) < 4.78 is 39.9. The zero-order chi connectivity index (χ0) is 15.0. The second-order valence-corrected chi connectivity index (χ2v) is 5.22. The molecule has 0 radical (unpaired) electrons. The molecule has 3 rings (SSSR count). The van der Waals surface area contributed by atoms with Crippen LogP contribution in [0.1, 0.15) is 22.7 Å². The molecule has 0 spiro atoms. The van der Waals surface area contributed by atoms with Gasteiger partial charge in [0.15, 0.2) is 17.5 Å². The molecule has 2 nitrogen and oxygen atoms in total. The summed E-state index contributed by atoms with van der Waals surface area (Å²) in [7, 11) is 0. The first kappa shape index (κ1) is 14.1. The van der Waals surface area contributed by atoms with Gasteiger partial charge in [-0.2, -0.15) is 0 Å². The van der Waals surface area contributed by atoms with Crippen molar-refractivity contribution in [1.82, 2.24) is 4.90 Å². The Morgan fingerprint density at radius 2 is 1.52 bits per heavy atom. The van der Waals surface area contributed by atoms with E-state index in [2.05, 4.69) is 0 Å². The van der Waals surface area contributed by atoms with Crippen molar-refractivity contribution >= 4 is 0 Å². The molecule has 0 aromatic heterocycles. The number of hydrogen-bond acceptors (Lipinski definition) is 2. The van der Waals surface area contributed by atoms with E-state index in [-0.39, 0.29) is 12.6 Å². The van der Waals surface area contributed by atoms with Crippen LogP contribution in [0, 0.1) is 17.5 Å². The first-order valence-corrected chi connectivity index (χ1v) is 6.75. The van der Waals surface area contributed by atoms with Crippen LogP contribution in [0.15, 0.2) is 36.4 Å². The third-order valence-electron chi connectivity index (χ3n) is 3.92. The number of hydrogen-bond donors (Lipinski definition) is 1. The molecule has 0 amide bonds. The van der Waals surface area contributed by atoms with Gasteiger partial charge in [-0.25, -0.2) is 13.2 Å². The van der Waals surface area contributed by atoms with E-state index in [9.17, 15) is 13.2 Å². The van der Waals surface area contributed by atoms with Gasteiger partial charge in [-0.15, -0.1) is 0 Å². The lowest BCUT2D eigenvalue weighted by Gasteiger charge is -2.26. The Balaban J connectivity index is 1.91. The molecule has 2 aromatic rings. The number of nitrogens with zero attached hydrogens (tertiary/aromatic N) is 1. The molecule has 21 heavy (non-hydrogen) atoms. The van der Waals surface area contributed by atoms with Crippen molar-refractivity contribution < 1.29 is 13.2 Å². The van der Waals surface area contributed by atoms with Gasteiger partial charge >= 0.3 is 0 Å². The largest absolute Gasteiger partial charge is 0.329 e. The highest BCUT2D eigenvalue weighted by Gasteiger charge is 2.27. The van der Waals surface area contributed by atoms with Gasteiger partial charge in [0.1, 0.15) is 0 Å². The van der Waals surface area contributed by atoms with E-state index in [4.69, 9.17) is 5.73 Å². The Morgan fingerprint density at radius 1 is 1.00 bits per heavy atom. The van der Waals surface area contributed by atoms with E-state index in [1.807, 2.05) is 29.2 Å². The maximum Gasteiger partial charge on any atom is 0.194 e. The molecule has 0 aliphatic carbocycles. The Labute approximate surface area is 121 Å². The summed E-state index contributed by atoms with van der Waals surface area (Å²) in [5, 5.41) is 0. The molecule has 110 valence electrons. The van der Waals surface area contributed by atoms with Gasteiger partial charge < -0.3 is 5.73 Å². The highest BCUT2D eigenvalue weighted by molar-refractivity contribution is 5.32. The lowest BCUT2D eigenvalue weighted by molar-refractivity contribution is 0.204. The van der Waals surface area contributed by atoms with E-state index in [0.717, 1.165) is 12.1 Å². The number of rotatable bonds is 3. The molecule has 2 N–H and O–H groups in total. The minimum Gasteiger partial charge on any atom is -0.329 e. The summed E-state index contributed by atoms with van der Waals surface area (Å²) in [6.45, 7) is 1.54. The second-order valence-electron chi connectivity index (χ2n) is 5.22. The fourth-order valence-electron chi connectivity index (χ4n) is 2.84. The van der Waals surface area contributed by atoms with Crippen molar-refractivity contribution in [3.8, 4) is 0 Å². The van der Waals surface area contributed by atoms with Crippen LogP contribution >= 0.6 is 0 Å². The minimum absolute atomic E-state index is 0.207. The van der Waals surface area contributed by atoms with Crippen LogP contribution < -0.4 is 5.73 Å². The van der Waals surface area contributed by atoms with Crippen LogP contribution in [0.25, 0.3) is 0 Å². The lowest BCUT2D eigenvalue weighted by atomic mass is 10.0. The zero-order valence-electron chi connectivity index (χ0n) is 11.3. The summed E-state index contributed by atoms with van der Waals surface area (Å²) in [6, 6.07) is 9.66. The van der Waals surface area contributed by atoms with Gasteiger partial charge in [0, 0.05) is 25.7 Å². The fraction of sp³-hybridized carbons (Fsp3) is 0.250. The van der Waals surface area contributed by atoms with Crippen molar-refractivity contribution in [2.45, 2.75) is 19.1 Å². The van der Waals surface area contributed by atoms with Crippen LogP contribution in [-0.2, 0) is 13.1 Å². The average molecular weight is 292 g/mol. The molecule has 5 heteroatoms. The van der Waals surface area contributed by atoms with Gasteiger partial charge in [-0.05, 0) is 28.8 Å². The predicted molar refractivity (Wildman–Crippen MR) is 73.8 cm³/mol. The summed E-state index contributed by atoms with van der Waals surface area (Å²) in [6.07, 6.45) is 0. The predicted octanol–water partition coefficient (Wildman–Crippen LogP) is 3.12. The highest BCUT2D eigenvalue weighted by Crippen LogP contribution is 2.31. The molecular weight excluding hydrogens is 277 g/mol. The smallest absolute Gasteiger partial charge is 0.194 e.